The monoisotopic (exact) mass is 325 g/mol. The number of nitrogens with one attached hydrogen (secondary N) is 2. The molecule has 0 atom stereocenters. The average Bonchev–Trinajstić information content (AvgIpc) is 2.54. The molecule has 1 aromatic carbocycles. The van der Waals surface area contributed by atoms with Crippen LogP contribution in [0.3, 0.4) is 0 Å². The number of hydrogen-bond donors (Lipinski definition) is 2. The van der Waals surface area contributed by atoms with Crippen molar-refractivity contribution in [3.05, 3.63) is 65.5 Å². The summed E-state index contributed by atoms with van der Waals surface area (Å²) in [6.45, 7) is 6.23. The Balaban J connectivity index is 1.95. The molecule has 0 bridgehead atoms. The standard InChI is InChI=1S/C19H23N3O2/c1-19(2,3)22-17(23)15-10-12-20-16(13-15)18(24)21-11-9-14-7-5-4-6-8-14/h4-8,10,12-13H,9,11H2,1-3H3,(H,21,24)(H,22,23). The maximum absolute atomic E-state index is 12.2. The fourth-order valence-electron chi connectivity index (χ4n) is 2.16. The molecule has 2 aromatic rings. The van der Waals surface area contributed by atoms with Crippen LogP contribution in [0, 0.1) is 0 Å². The van der Waals surface area contributed by atoms with Crippen LogP contribution in [-0.4, -0.2) is 28.9 Å². The van der Waals surface area contributed by atoms with E-state index in [-0.39, 0.29) is 23.0 Å². The smallest absolute Gasteiger partial charge is 0.269 e. The van der Waals surface area contributed by atoms with E-state index in [4.69, 9.17) is 0 Å². The maximum atomic E-state index is 12.2. The fraction of sp³-hybridized carbons (Fsp3) is 0.316. The molecular formula is C19H23N3O2. The quantitative estimate of drug-likeness (QED) is 0.887. The predicted octanol–water partition coefficient (Wildman–Crippen LogP) is 2.58. The van der Waals surface area contributed by atoms with Crippen LogP contribution >= 0.6 is 0 Å². The molecule has 5 heteroatoms. The molecule has 0 saturated carbocycles. The third kappa shape index (κ3) is 5.50. The van der Waals surface area contributed by atoms with Gasteiger partial charge in [-0.1, -0.05) is 30.3 Å². The minimum absolute atomic E-state index is 0.219. The van der Waals surface area contributed by atoms with Gasteiger partial charge in [-0.05, 0) is 44.9 Å². The summed E-state index contributed by atoms with van der Waals surface area (Å²) in [5, 5.41) is 5.70. The molecule has 5 nitrogen and oxygen atoms in total. The third-order valence-electron chi connectivity index (χ3n) is 3.29. The highest BCUT2D eigenvalue weighted by Crippen LogP contribution is 2.06. The number of carbonyl (C=O) groups excluding carboxylic acids is 2. The highest BCUT2D eigenvalue weighted by Gasteiger charge is 2.17. The van der Waals surface area contributed by atoms with Crippen LogP contribution < -0.4 is 10.6 Å². The zero-order valence-corrected chi connectivity index (χ0v) is 14.3. The number of hydrogen-bond acceptors (Lipinski definition) is 3. The summed E-state index contributed by atoms with van der Waals surface area (Å²) in [7, 11) is 0. The second-order valence-electron chi connectivity index (χ2n) is 6.63. The van der Waals surface area contributed by atoms with E-state index in [1.807, 2.05) is 51.1 Å². The summed E-state index contributed by atoms with van der Waals surface area (Å²) in [4.78, 5) is 28.4. The molecule has 1 aromatic heterocycles. The molecule has 0 aliphatic heterocycles. The minimum atomic E-state index is -0.335. The third-order valence-corrected chi connectivity index (χ3v) is 3.29. The van der Waals surface area contributed by atoms with Crippen LogP contribution in [0.15, 0.2) is 48.7 Å². The van der Waals surface area contributed by atoms with Gasteiger partial charge >= 0.3 is 0 Å². The molecule has 0 fully saturated rings. The van der Waals surface area contributed by atoms with Gasteiger partial charge in [0.2, 0.25) is 0 Å². The summed E-state index contributed by atoms with van der Waals surface area (Å²) >= 11 is 0. The van der Waals surface area contributed by atoms with Crippen molar-refractivity contribution in [2.24, 2.45) is 0 Å². The number of rotatable bonds is 5. The van der Waals surface area contributed by atoms with Gasteiger partial charge in [0.05, 0.1) is 0 Å². The summed E-state index contributed by atoms with van der Waals surface area (Å²) in [5.41, 5.74) is 1.49. The SMILES string of the molecule is CC(C)(C)NC(=O)c1ccnc(C(=O)NCCc2ccccc2)c1. The van der Waals surface area contributed by atoms with Crippen molar-refractivity contribution in [3.8, 4) is 0 Å². The molecule has 2 rings (SSSR count). The topological polar surface area (TPSA) is 71.1 Å². The van der Waals surface area contributed by atoms with E-state index in [1.54, 1.807) is 6.07 Å². The largest absolute Gasteiger partial charge is 0.350 e. The van der Waals surface area contributed by atoms with Crippen LogP contribution in [0.2, 0.25) is 0 Å². The van der Waals surface area contributed by atoms with Crippen molar-refractivity contribution in [3.63, 3.8) is 0 Å². The average molecular weight is 325 g/mol. The Morgan fingerprint density at radius 3 is 2.42 bits per heavy atom. The van der Waals surface area contributed by atoms with Crippen LogP contribution in [-0.2, 0) is 6.42 Å². The van der Waals surface area contributed by atoms with Gasteiger partial charge in [0.1, 0.15) is 5.69 Å². The highest BCUT2D eigenvalue weighted by molar-refractivity contribution is 5.98. The summed E-state index contributed by atoms with van der Waals surface area (Å²) < 4.78 is 0. The Hall–Kier alpha value is -2.69. The maximum Gasteiger partial charge on any atom is 0.269 e. The zero-order valence-electron chi connectivity index (χ0n) is 14.3. The number of amides is 2. The zero-order chi connectivity index (χ0) is 17.6. The number of aromatic nitrogens is 1. The second-order valence-corrected chi connectivity index (χ2v) is 6.63. The van der Waals surface area contributed by atoms with Crippen molar-refractivity contribution < 1.29 is 9.59 Å². The van der Waals surface area contributed by atoms with Crippen molar-refractivity contribution >= 4 is 11.8 Å². The Morgan fingerprint density at radius 1 is 1.04 bits per heavy atom. The normalized spacial score (nSPS) is 11.0. The van der Waals surface area contributed by atoms with E-state index in [1.165, 1.54) is 12.3 Å². The van der Waals surface area contributed by atoms with Gasteiger partial charge in [-0.3, -0.25) is 14.6 Å². The minimum Gasteiger partial charge on any atom is -0.350 e. The van der Waals surface area contributed by atoms with Crippen LogP contribution in [0.5, 0.6) is 0 Å². The van der Waals surface area contributed by atoms with E-state index in [2.05, 4.69) is 15.6 Å². The molecule has 2 N–H and O–H groups in total. The van der Waals surface area contributed by atoms with E-state index in [0.29, 0.717) is 12.1 Å². The lowest BCUT2D eigenvalue weighted by Gasteiger charge is -2.20. The lowest BCUT2D eigenvalue weighted by molar-refractivity contribution is 0.0919. The first-order chi connectivity index (χ1) is 11.3. The van der Waals surface area contributed by atoms with Gasteiger partial charge in [0.25, 0.3) is 11.8 Å². The Morgan fingerprint density at radius 2 is 1.75 bits per heavy atom. The van der Waals surface area contributed by atoms with Crippen molar-refractivity contribution in [1.29, 1.82) is 0 Å². The van der Waals surface area contributed by atoms with E-state index < -0.39 is 0 Å². The van der Waals surface area contributed by atoms with Crippen molar-refractivity contribution in [2.75, 3.05) is 6.54 Å². The van der Waals surface area contributed by atoms with Gasteiger partial charge in [-0.15, -0.1) is 0 Å². The number of benzene rings is 1. The molecule has 0 radical (unpaired) electrons. The van der Waals surface area contributed by atoms with Crippen LogP contribution in [0.1, 0.15) is 47.2 Å². The summed E-state index contributed by atoms with van der Waals surface area (Å²) in [6, 6.07) is 13.0. The first-order valence-electron chi connectivity index (χ1n) is 7.96. The molecular weight excluding hydrogens is 302 g/mol. The molecule has 0 aliphatic rings. The van der Waals surface area contributed by atoms with Gasteiger partial charge in [-0.2, -0.15) is 0 Å². The number of carbonyl (C=O) groups is 2. The molecule has 0 spiro atoms. The Labute approximate surface area is 142 Å². The second kappa shape index (κ2) is 7.73. The number of nitrogens with zero attached hydrogens (tertiary/aromatic N) is 1. The first kappa shape index (κ1) is 17.7. The molecule has 1 heterocycles. The molecule has 0 aliphatic carbocycles. The predicted molar refractivity (Wildman–Crippen MR) is 93.9 cm³/mol. The Kier molecular flexibility index (Phi) is 5.68. The van der Waals surface area contributed by atoms with E-state index in [0.717, 1.165) is 12.0 Å². The fourth-order valence-corrected chi connectivity index (χ4v) is 2.16. The lowest BCUT2D eigenvalue weighted by atomic mass is 10.1. The summed E-state index contributed by atoms with van der Waals surface area (Å²) in [6.07, 6.45) is 2.22. The van der Waals surface area contributed by atoms with Crippen molar-refractivity contribution in [1.82, 2.24) is 15.6 Å². The van der Waals surface area contributed by atoms with Gasteiger partial charge in [0.15, 0.2) is 0 Å². The van der Waals surface area contributed by atoms with Crippen LogP contribution in [0.4, 0.5) is 0 Å². The van der Waals surface area contributed by atoms with Gasteiger partial charge in [-0.25, -0.2) is 0 Å². The number of pyridine rings is 1. The lowest BCUT2D eigenvalue weighted by Crippen LogP contribution is -2.40. The molecule has 126 valence electrons. The van der Waals surface area contributed by atoms with Gasteiger partial charge < -0.3 is 10.6 Å². The van der Waals surface area contributed by atoms with E-state index >= 15 is 0 Å². The highest BCUT2D eigenvalue weighted by atomic mass is 16.2. The van der Waals surface area contributed by atoms with Gasteiger partial charge in [0, 0.05) is 23.8 Å². The van der Waals surface area contributed by atoms with E-state index in [9.17, 15) is 9.59 Å². The Bertz CT molecular complexity index is 706. The molecule has 0 saturated heterocycles. The molecule has 2 amide bonds. The van der Waals surface area contributed by atoms with Crippen LogP contribution in [0.25, 0.3) is 0 Å². The molecule has 24 heavy (non-hydrogen) atoms. The first-order valence-corrected chi connectivity index (χ1v) is 7.96. The molecule has 0 unspecified atom stereocenters. The summed E-state index contributed by atoms with van der Waals surface area (Å²) in [5.74, 6) is -0.500. The van der Waals surface area contributed by atoms with Crippen molar-refractivity contribution in [2.45, 2.75) is 32.7 Å².